The molecule has 0 saturated carbocycles. The number of carbonyl (C=O) groups excluding carboxylic acids is 2. The molecule has 0 saturated heterocycles. The second-order valence-electron chi connectivity index (χ2n) is 4.63. The third kappa shape index (κ3) is 8.29. The molecular formula is C17H21NO4S. The first kappa shape index (κ1) is 19.1. The first-order valence-corrected chi connectivity index (χ1v) is 8.37. The molecule has 0 aliphatic heterocycles. The Balaban J connectivity index is 2.19. The van der Waals surface area contributed by atoms with Gasteiger partial charge in [-0.2, -0.15) is 0 Å². The summed E-state index contributed by atoms with van der Waals surface area (Å²) in [6.45, 7) is 0.200. The fourth-order valence-corrected chi connectivity index (χ4v) is 2.43. The predicted octanol–water partition coefficient (Wildman–Crippen LogP) is 1.97. The van der Waals surface area contributed by atoms with E-state index in [-0.39, 0.29) is 12.6 Å². The Hall–Kier alpha value is -1.97. The van der Waals surface area contributed by atoms with E-state index in [9.17, 15) is 9.59 Å². The quantitative estimate of drug-likeness (QED) is 0.305. The molecule has 0 radical (unpaired) electrons. The number of esters is 2. The van der Waals surface area contributed by atoms with Gasteiger partial charge < -0.3 is 9.47 Å². The zero-order valence-corrected chi connectivity index (χ0v) is 13.9. The molecule has 0 unspecified atom stereocenters. The zero-order valence-electron chi connectivity index (χ0n) is 13.1. The van der Waals surface area contributed by atoms with Crippen LogP contribution in [0.2, 0.25) is 0 Å². The number of nitrogens with one attached hydrogen (secondary N) is 1. The molecule has 124 valence electrons. The maximum Gasteiger partial charge on any atom is 0.336 e. The molecule has 0 spiro atoms. The number of thioether (sulfide) groups is 1. The molecule has 0 bridgehead atoms. The lowest BCUT2D eigenvalue weighted by molar-refractivity contribution is -0.145. The van der Waals surface area contributed by atoms with E-state index in [2.05, 4.69) is 16.0 Å². The molecule has 0 amide bonds. The third-order valence-corrected chi connectivity index (χ3v) is 3.86. The van der Waals surface area contributed by atoms with Gasteiger partial charge in [0.05, 0.1) is 7.11 Å². The molecule has 1 N–H and O–H groups in total. The van der Waals surface area contributed by atoms with E-state index < -0.39 is 12.0 Å². The molecule has 0 heterocycles. The van der Waals surface area contributed by atoms with Crippen molar-refractivity contribution in [3.05, 3.63) is 35.9 Å². The second-order valence-corrected chi connectivity index (χ2v) is 5.73. The van der Waals surface area contributed by atoms with Crippen LogP contribution in [0, 0.1) is 12.3 Å². The van der Waals surface area contributed by atoms with E-state index in [0.717, 1.165) is 17.7 Å². The standard InChI is InChI=1S/C17H21NO4S/c1-3-15(18-13-23-11-7-10-16(19)21-2)17(20)22-12-14-8-5-4-6-9-14/h1,4-6,8-9,15,18H,7,10-13H2,2H3/t15-/m0/s1. The molecule has 1 atom stereocenters. The third-order valence-electron chi connectivity index (χ3n) is 2.91. The molecule has 0 aromatic heterocycles. The van der Waals surface area contributed by atoms with Crippen LogP contribution >= 0.6 is 11.8 Å². The Morgan fingerprint density at radius 2 is 2.09 bits per heavy atom. The van der Waals surface area contributed by atoms with Crippen molar-refractivity contribution in [1.29, 1.82) is 0 Å². The number of terminal acetylenes is 1. The van der Waals surface area contributed by atoms with Crippen molar-refractivity contribution < 1.29 is 19.1 Å². The van der Waals surface area contributed by atoms with Crippen molar-refractivity contribution in [1.82, 2.24) is 5.32 Å². The summed E-state index contributed by atoms with van der Waals surface area (Å²) in [5.41, 5.74) is 0.911. The number of hydrogen-bond donors (Lipinski definition) is 1. The molecule has 0 aliphatic rings. The fraction of sp³-hybridized carbons (Fsp3) is 0.412. The lowest BCUT2D eigenvalue weighted by Gasteiger charge is -2.12. The van der Waals surface area contributed by atoms with Gasteiger partial charge in [-0.15, -0.1) is 18.2 Å². The molecule has 6 heteroatoms. The monoisotopic (exact) mass is 335 g/mol. The van der Waals surface area contributed by atoms with E-state index >= 15 is 0 Å². The summed E-state index contributed by atoms with van der Waals surface area (Å²) in [5.74, 6) is 2.99. The SMILES string of the molecule is C#C[C@H](NCSCCCC(=O)OC)C(=O)OCc1ccccc1. The summed E-state index contributed by atoms with van der Waals surface area (Å²) < 4.78 is 9.75. The van der Waals surface area contributed by atoms with Crippen molar-refractivity contribution in [3.8, 4) is 12.3 Å². The summed E-state index contributed by atoms with van der Waals surface area (Å²) in [4.78, 5) is 22.8. The van der Waals surface area contributed by atoms with Gasteiger partial charge in [0.1, 0.15) is 6.61 Å². The van der Waals surface area contributed by atoms with E-state index in [1.165, 1.54) is 7.11 Å². The smallest absolute Gasteiger partial charge is 0.336 e. The number of benzene rings is 1. The van der Waals surface area contributed by atoms with Gasteiger partial charge in [0.15, 0.2) is 6.04 Å². The molecule has 0 fully saturated rings. The van der Waals surface area contributed by atoms with Crippen LogP contribution in [0.25, 0.3) is 0 Å². The van der Waals surface area contributed by atoms with Crippen LogP contribution in [0.1, 0.15) is 18.4 Å². The van der Waals surface area contributed by atoms with Gasteiger partial charge in [-0.3, -0.25) is 10.1 Å². The zero-order chi connectivity index (χ0) is 16.9. The summed E-state index contributed by atoms with van der Waals surface area (Å²) in [6, 6.07) is 8.64. The van der Waals surface area contributed by atoms with Crippen molar-refractivity contribution >= 4 is 23.7 Å². The van der Waals surface area contributed by atoms with Crippen molar-refractivity contribution in [3.63, 3.8) is 0 Å². The molecule has 1 rings (SSSR count). The van der Waals surface area contributed by atoms with Gasteiger partial charge in [0.25, 0.3) is 0 Å². The van der Waals surface area contributed by atoms with Crippen LogP contribution in [0.4, 0.5) is 0 Å². The van der Waals surface area contributed by atoms with E-state index in [0.29, 0.717) is 12.3 Å². The van der Waals surface area contributed by atoms with Gasteiger partial charge in [0, 0.05) is 12.3 Å². The Kier molecular flexibility index (Phi) is 9.60. The van der Waals surface area contributed by atoms with Gasteiger partial charge in [-0.1, -0.05) is 36.3 Å². The molecule has 1 aromatic rings. The first-order valence-electron chi connectivity index (χ1n) is 7.22. The van der Waals surface area contributed by atoms with Gasteiger partial charge >= 0.3 is 11.9 Å². The summed E-state index contributed by atoms with van der Waals surface area (Å²) in [7, 11) is 1.37. The van der Waals surface area contributed by atoms with Crippen molar-refractivity contribution in [2.24, 2.45) is 0 Å². The Morgan fingerprint density at radius 3 is 2.74 bits per heavy atom. The fourth-order valence-electron chi connectivity index (χ4n) is 1.66. The summed E-state index contributed by atoms with van der Waals surface area (Å²) in [5, 5.41) is 2.94. The van der Waals surface area contributed by atoms with Crippen LogP contribution in [-0.4, -0.2) is 36.7 Å². The number of hydrogen-bond acceptors (Lipinski definition) is 6. The summed E-state index contributed by atoms with van der Waals surface area (Å²) in [6.07, 6.45) is 6.47. The van der Waals surface area contributed by atoms with Gasteiger partial charge in [-0.25, -0.2) is 4.79 Å². The minimum Gasteiger partial charge on any atom is -0.469 e. The normalized spacial score (nSPS) is 11.3. The first-order chi connectivity index (χ1) is 11.2. The van der Waals surface area contributed by atoms with Crippen molar-refractivity contribution in [2.75, 3.05) is 18.7 Å². The van der Waals surface area contributed by atoms with Crippen molar-refractivity contribution in [2.45, 2.75) is 25.5 Å². The Morgan fingerprint density at radius 1 is 1.35 bits per heavy atom. The highest BCUT2D eigenvalue weighted by molar-refractivity contribution is 7.99. The average Bonchev–Trinajstić information content (AvgIpc) is 2.59. The average molecular weight is 335 g/mol. The Bertz CT molecular complexity index is 527. The van der Waals surface area contributed by atoms with Crippen LogP contribution in [0.15, 0.2) is 30.3 Å². The largest absolute Gasteiger partial charge is 0.469 e. The van der Waals surface area contributed by atoms with Gasteiger partial charge in [0.2, 0.25) is 0 Å². The number of ether oxygens (including phenoxy) is 2. The van der Waals surface area contributed by atoms with Crippen LogP contribution in [0.3, 0.4) is 0 Å². The van der Waals surface area contributed by atoms with E-state index in [1.807, 2.05) is 30.3 Å². The molecule has 23 heavy (non-hydrogen) atoms. The number of carbonyl (C=O) groups is 2. The van der Waals surface area contributed by atoms with Crippen LogP contribution in [-0.2, 0) is 25.7 Å². The highest BCUT2D eigenvalue weighted by Crippen LogP contribution is 2.05. The molecule has 5 nitrogen and oxygen atoms in total. The lowest BCUT2D eigenvalue weighted by Crippen LogP contribution is -2.36. The van der Waals surface area contributed by atoms with E-state index in [1.54, 1.807) is 11.8 Å². The lowest BCUT2D eigenvalue weighted by atomic mass is 10.2. The maximum atomic E-state index is 11.9. The minimum atomic E-state index is -0.771. The highest BCUT2D eigenvalue weighted by atomic mass is 32.2. The molecular weight excluding hydrogens is 314 g/mol. The number of methoxy groups -OCH3 is 1. The second kappa shape index (κ2) is 11.6. The Labute approximate surface area is 141 Å². The molecule has 1 aromatic carbocycles. The van der Waals surface area contributed by atoms with Gasteiger partial charge in [-0.05, 0) is 17.7 Å². The number of rotatable bonds is 10. The van der Waals surface area contributed by atoms with Crippen LogP contribution in [0.5, 0.6) is 0 Å². The highest BCUT2D eigenvalue weighted by Gasteiger charge is 2.16. The summed E-state index contributed by atoms with van der Waals surface area (Å²) >= 11 is 1.56. The minimum absolute atomic E-state index is 0.200. The van der Waals surface area contributed by atoms with Crippen LogP contribution < -0.4 is 5.32 Å². The molecule has 0 aliphatic carbocycles. The predicted molar refractivity (Wildman–Crippen MR) is 90.6 cm³/mol. The maximum absolute atomic E-state index is 11.9. The van der Waals surface area contributed by atoms with E-state index in [4.69, 9.17) is 11.2 Å². The topological polar surface area (TPSA) is 64.6 Å².